The Hall–Kier alpha value is -3.26. The van der Waals surface area contributed by atoms with E-state index in [1.165, 1.54) is 0 Å². The molecule has 25 heavy (non-hydrogen) atoms. The number of nitrogens with zero attached hydrogens (tertiary/aromatic N) is 5. The van der Waals surface area contributed by atoms with Crippen LogP contribution >= 0.6 is 11.6 Å². The lowest BCUT2D eigenvalue weighted by Crippen LogP contribution is -2.04. The molecule has 0 atom stereocenters. The van der Waals surface area contributed by atoms with Gasteiger partial charge in [0.2, 0.25) is 11.9 Å². The van der Waals surface area contributed by atoms with Gasteiger partial charge in [-0.25, -0.2) is 15.0 Å². The first-order valence-electron chi connectivity index (χ1n) is 7.47. The standard InChI is InChI=1S/C16H13ClN8/c17-10-3-1-2-9(6-10)7-21-16-19-5-4-12(22-16)13-11-8-20-15(18)23-14(11)25-24-13/h1-6,8H,7H2,(H,19,21,22)(H3,18,20,23,24,25). The summed E-state index contributed by atoms with van der Waals surface area (Å²) in [5.41, 5.74) is 8.51. The molecular formula is C16H13ClN8. The minimum absolute atomic E-state index is 0.178. The van der Waals surface area contributed by atoms with Crippen molar-refractivity contribution < 1.29 is 0 Å². The molecular weight excluding hydrogens is 340 g/mol. The van der Waals surface area contributed by atoms with Crippen LogP contribution in [0.3, 0.4) is 0 Å². The molecule has 4 N–H and O–H groups in total. The maximum Gasteiger partial charge on any atom is 0.223 e. The monoisotopic (exact) mass is 352 g/mol. The molecule has 0 bridgehead atoms. The van der Waals surface area contributed by atoms with Gasteiger partial charge in [-0.1, -0.05) is 23.7 Å². The van der Waals surface area contributed by atoms with Crippen molar-refractivity contribution in [2.45, 2.75) is 6.54 Å². The fraction of sp³-hybridized carbons (Fsp3) is 0.0625. The van der Waals surface area contributed by atoms with Gasteiger partial charge in [0, 0.05) is 24.0 Å². The van der Waals surface area contributed by atoms with E-state index in [9.17, 15) is 0 Å². The average Bonchev–Trinajstić information content (AvgIpc) is 3.03. The van der Waals surface area contributed by atoms with E-state index in [0.717, 1.165) is 10.9 Å². The number of rotatable bonds is 4. The van der Waals surface area contributed by atoms with Crippen LogP contribution in [0.2, 0.25) is 5.02 Å². The Bertz CT molecular complexity index is 1050. The maximum absolute atomic E-state index is 6.00. The summed E-state index contributed by atoms with van der Waals surface area (Å²) in [7, 11) is 0. The van der Waals surface area contributed by atoms with Crippen LogP contribution in [0.25, 0.3) is 22.4 Å². The third-order valence-corrected chi connectivity index (χ3v) is 3.82. The Morgan fingerprint density at radius 2 is 2.08 bits per heavy atom. The SMILES string of the molecule is Nc1ncc2c(-c3ccnc(NCc4cccc(Cl)c4)n3)[nH]nc2n1. The van der Waals surface area contributed by atoms with E-state index < -0.39 is 0 Å². The van der Waals surface area contributed by atoms with E-state index in [2.05, 4.69) is 35.5 Å². The summed E-state index contributed by atoms with van der Waals surface area (Å²) >= 11 is 6.00. The molecule has 3 heterocycles. The summed E-state index contributed by atoms with van der Waals surface area (Å²) in [5, 5.41) is 11.7. The second kappa shape index (κ2) is 6.33. The highest BCUT2D eigenvalue weighted by Crippen LogP contribution is 2.24. The zero-order valence-electron chi connectivity index (χ0n) is 12.9. The van der Waals surface area contributed by atoms with Gasteiger partial charge in [0.25, 0.3) is 0 Å². The van der Waals surface area contributed by atoms with E-state index in [1.807, 2.05) is 24.3 Å². The smallest absolute Gasteiger partial charge is 0.223 e. The number of halogens is 1. The summed E-state index contributed by atoms with van der Waals surface area (Å²) in [6.07, 6.45) is 3.30. The lowest BCUT2D eigenvalue weighted by atomic mass is 10.2. The van der Waals surface area contributed by atoms with E-state index in [-0.39, 0.29) is 5.95 Å². The fourth-order valence-electron chi connectivity index (χ4n) is 2.42. The number of nitrogens with two attached hydrogens (primary N) is 1. The van der Waals surface area contributed by atoms with Gasteiger partial charge in [0.05, 0.1) is 16.8 Å². The molecule has 0 saturated heterocycles. The number of anilines is 2. The maximum atomic E-state index is 6.00. The minimum Gasteiger partial charge on any atom is -0.368 e. The minimum atomic E-state index is 0.178. The molecule has 0 aliphatic carbocycles. The highest BCUT2D eigenvalue weighted by Gasteiger charge is 2.11. The van der Waals surface area contributed by atoms with Crippen LogP contribution in [0.4, 0.5) is 11.9 Å². The lowest BCUT2D eigenvalue weighted by Gasteiger charge is -2.06. The van der Waals surface area contributed by atoms with Gasteiger partial charge >= 0.3 is 0 Å². The third kappa shape index (κ3) is 3.20. The van der Waals surface area contributed by atoms with Crippen molar-refractivity contribution in [2.24, 2.45) is 0 Å². The van der Waals surface area contributed by atoms with Crippen LogP contribution in [-0.2, 0) is 6.54 Å². The van der Waals surface area contributed by atoms with Crippen LogP contribution in [0.1, 0.15) is 5.56 Å². The van der Waals surface area contributed by atoms with Gasteiger partial charge in [-0.15, -0.1) is 0 Å². The van der Waals surface area contributed by atoms with Crippen molar-refractivity contribution >= 4 is 34.5 Å². The summed E-state index contributed by atoms with van der Waals surface area (Å²) in [6, 6.07) is 9.39. The number of H-pyrrole nitrogens is 1. The van der Waals surface area contributed by atoms with Crippen molar-refractivity contribution in [1.29, 1.82) is 0 Å². The molecule has 8 nitrogen and oxygen atoms in total. The molecule has 9 heteroatoms. The van der Waals surface area contributed by atoms with Crippen LogP contribution in [-0.4, -0.2) is 30.1 Å². The molecule has 0 fully saturated rings. The van der Waals surface area contributed by atoms with Gasteiger partial charge in [0.15, 0.2) is 5.65 Å². The number of benzene rings is 1. The van der Waals surface area contributed by atoms with Crippen LogP contribution in [0.15, 0.2) is 42.7 Å². The predicted octanol–water partition coefficient (Wildman–Crippen LogP) is 2.66. The van der Waals surface area contributed by atoms with E-state index in [0.29, 0.717) is 34.6 Å². The Morgan fingerprint density at radius 3 is 2.96 bits per heavy atom. The van der Waals surface area contributed by atoms with Crippen LogP contribution < -0.4 is 11.1 Å². The number of aromatic nitrogens is 6. The van der Waals surface area contributed by atoms with E-state index >= 15 is 0 Å². The van der Waals surface area contributed by atoms with Crippen molar-refractivity contribution in [2.75, 3.05) is 11.1 Å². The van der Waals surface area contributed by atoms with Crippen LogP contribution in [0, 0.1) is 0 Å². The molecule has 0 aliphatic heterocycles. The molecule has 0 saturated carbocycles. The number of hydrogen-bond acceptors (Lipinski definition) is 7. The van der Waals surface area contributed by atoms with Crippen molar-refractivity contribution in [3.63, 3.8) is 0 Å². The van der Waals surface area contributed by atoms with Crippen molar-refractivity contribution in [3.8, 4) is 11.4 Å². The topological polar surface area (TPSA) is 118 Å². The fourth-order valence-corrected chi connectivity index (χ4v) is 2.64. The molecule has 0 aliphatic rings. The molecule has 0 amide bonds. The van der Waals surface area contributed by atoms with Gasteiger partial charge in [-0.3, -0.25) is 5.10 Å². The van der Waals surface area contributed by atoms with Gasteiger partial charge in [-0.2, -0.15) is 10.1 Å². The predicted molar refractivity (Wildman–Crippen MR) is 95.9 cm³/mol. The third-order valence-electron chi connectivity index (χ3n) is 3.58. The molecule has 3 aromatic heterocycles. The largest absolute Gasteiger partial charge is 0.368 e. The first-order valence-corrected chi connectivity index (χ1v) is 7.85. The average molecular weight is 353 g/mol. The zero-order chi connectivity index (χ0) is 17.2. The highest BCUT2D eigenvalue weighted by molar-refractivity contribution is 6.30. The van der Waals surface area contributed by atoms with Gasteiger partial charge < -0.3 is 11.1 Å². The first-order chi connectivity index (χ1) is 12.2. The second-order valence-electron chi connectivity index (χ2n) is 5.31. The Labute approximate surface area is 147 Å². The number of nitrogens with one attached hydrogen (secondary N) is 2. The molecule has 0 spiro atoms. The molecule has 4 rings (SSSR count). The Kier molecular flexibility index (Phi) is 3.87. The lowest BCUT2D eigenvalue weighted by molar-refractivity contribution is 1.04. The van der Waals surface area contributed by atoms with Gasteiger partial charge in [0.1, 0.15) is 0 Å². The number of aromatic amines is 1. The molecule has 4 aromatic rings. The Morgan fingerprint density at radius 1 is 1.16 bits per heavy atom. The number of hydrogen-bond donors (Lipinski definition) is 3. The molecule has 124 valence electrons. The molecule has 0 unspecified atom stereocenters. The second-order valence-corrected chi connectivity index (χ2v) is 5.75. The normalized spacial score (nSPS) is 10.9. The summed E-state index contributed by atoms with van der Waals surface area (Å²) in [5.74, 6) is 0.675. The first kappa shape index (κ1) is 15.3. The molecule has 0 radical (unpaired) electrons. The van der Waals surface area contributed by atoms with Gasteiger partial charge in [-0.05, 0) is 23.8 Å². The number of fused-ring (bicyclic) bond motifs is 1. The summed E-state index contributed by atoms with van der Waals surface area (Å²) in [6.45, 7) is 0.563. The Balaban J connectivity index is 1.60. The molecule has 1 aromatic carbocycles. The summed E-state index contributed by atoms with van der Waals surface area (Å²) in [4.78, 5) is 16.8. The van der Waals surface area contributed by atoms with Crippen LogP contribution in [0.5, 0.6) is 0 Å². The van der Waals surface area contributed by atoms with Crippen molar-refractivity contribution in [1.82, 2.24) is 30.1 Å². The van der Waals surface area contributed by atoms with E-state index in [4.69, 9.17) is 17.3 Å². The van der Waals surface area contributed by atoms with Crippen molar-refractivity contribution in [3.05, 3.63) is 53.3 Å². The number of nitrogen functional groups attached to an aromatic ring is 1. The summed E-state index contributed by atoms with van der Waals surface area (Å²) < 4.78 is 0. The zero-order valence-corrected chi connectivity index (χ0v) is 13.7. The quantitative estimate of drug-likeness (QED) is 0.516. The van der Waals surface area contributed by atoms with E-state index in [1.54, 1.807) is 18.5 Å². The highest BCUT2D eigenvalue weighted by atomic mass is 35.5.